The largest absolute Gasteiger partial charge is 0.491 e. The maximum absolute atomic E-state index is 5.89. The summed E-state index contributed by atoms with van der Waals surface area (Å²) in [6, 6.07) is 5.25. The van der Waals surface area contributed by atoms with Gasteiger partial charge >= 0.3 is 0 Å². The van der Waals surface area contributed by atoms with Gasteiger partial charge in [0.05, 0.1) is 5.56 Å². The van der Waals surface area contributed by atoms with E-state index < -0.39 is 0 Å². The van der Waals surface area contributed by atoms with Crippen LogP contribution in [0.15, 0.2) is 18.2 Å². The molecule has 0 atom stereocenters. The average molecular weight is 259 g/mol. The number of halogens is 1. The standard InChI is InChI=1S/C11H15ClN2OS/c1-14(2)5-6-15-10-7-8(12)3-4-9(10)11(13)16/h3-4,7H,5-6H2,1-2H3,(H2,13,16). The molecule has 0 saturated carbocycles. The Balaban J connectivity index is 2.76. The summed E-state index contributed by atoms with van der Waals surface area (Å²) in [7, 11) is 3.96. The first kappa shape index (κ1) is 13.2. The van der Waals surface area contributed by atoms with E-state index in [-0.39, 0.29) is 0 Å². The summed E-state index contributed by atoms with van der Waals surface area (Å²) in [6.45, 7) is 1.40. The summed E-state index contributed by atoms with van der Waals surface area (Å²) in [6.07, 6.45) is 0. The second-order valence-electron chi connectivity index (χ2n) is 3.66. The summed E-state index contributed by atoms with van der Waals surface area (Å²) in [5, 5.41) is 0.611. The van der Waals surface area contributed by atoms with Crippen LogP contribution in [0.1, 0.15) is 5.56 Å². The highest BCUT2D eigenvalue weighted by atomic mass is 35.5. The Morgan fingerprint density at radius 1 is 1.50 bits per heavy atom. The summed E-state index contributed by atoms with van der Waals surface area (Å²) in [4.78, 5) is 2.35. The zero-order valence-corrected chi connectivity index (χ0v) is 10.9. The molecule has 0 aliphatic rings. The van der Waals surface area contributed by atoms with E-state index >= 15 is 0 Å². The number of thiocarbonyl (C=S) groups is 1. The molecule has 0 bridgehead atoms. The van der Waals surface area contributed by atoms with Crippen molar-refractivity contribution in [3.05, 3.63) is 28.8 Å². The molecule has 0 heterocycles. The maximum atomic E-state index is 5.89. The van der Waals surface area contributed by atoms with Gasteiger partial charge in [0.1, 0.15) is 17.3 Å². The molecule has 1 aromatic carbocycles. The molecule has 0 fully saturated rings. The normalized spacial score (nSPS) is 10.5. The third-order valence-corrected chi connectivity index (χ3v) is 2.46. The number of hydrogen-bond donors (Lipinski definition) is 1. The minimum atomic E-state index is 0.316. The fraction of sp³-hybridized carbons (Fsp3) is 0.364. The van der Waals surface area contributed by atoms with Crippen LogP contribution in [0.2, 0.25) is 5.02 Å². The summed E-state index contributed by atoms with van der Waals surface area (Å²) >= 11 is 10.8. The van der Waals surface area contributed by atoms with Crippen LogP contribution in [-0.4, -0.2) is 37.1 Å². The minimum Gasteiger partial charge on any atom is -0.491 e. The van der Waals surface area contributed by atoms with Crippen molar-refractivity contribution in [1.82, 2.24) is 4.90 Å². The van der Waals surface area contributed by atoms with Crippen molar-refractivity contribution in [3.63, 3.8) is 0 Å². The fourth-order valence-corrected chi connectivity index (χ4v) is 1.49. The van der Waals surface area contributed by atoms with Crippen LogP contribution in [0.5, 0.6) is 5.75 Å². The van der Waals surface area contributed by atoms with Crippen LogP contribution in [0, 0.1) is 0 Å². The van der Waals surface area contributed by atoms with Gasteiger partial charge in [-0.15, -0.1) is 0 Å². The van der Waals surface area contributed by atoms with E-state index in [2.05, 4.69) is 0 Å². The Morgan fingerprint density at radius 2 is 2.19 bits per heavy atom. The molecule has 88 valence electrons. The second-order valence-corrected chi connectivity index (χ2v) is 4.53. The molecule has 1 aromatic rings. The van der Waals surface area contributed by atoms with Crippen LogP contribution in [0.4, 0.5) is 0 Å². The molecule has 0 radical (unpaired) electrons. The predicted molar refractivity (Wildman–Crippen MR) is 71.4 cm³/mol. The van der Waals surface area contributed by atoms with E-state index in [4.69, 9.17) is 34.3 Å². The maximum Gasteiger partial charge on any atom is 0.131 e. The third-order valence-electron chi connectivity index (χ3n) is 2.01. The van der Waals surface area contributed by atoms with Gasteiger partial charge in [0, 0.05) is 11.6 Å². The SMILES string of the molecule is CN(C)CCOc1cc(Cl)ccc1C(N)=S. The lowest BCUT2D eigenvalue weighted by molar-refractivity contribution is 0.261. The number of likely N-dealkylation sites (N-methyl/N-ethyl adjacent to an activating group) is 1. The molecular formula is C11H15ClN2OS. The van der Waals surface area contributed by atoms with Crippen molar-refractivity contribution >= 4 is 28.8 Å². The number of nitrogens with two attached hydrogens (primary N) is 1. The molecule has 5 heteroatoms. The van der Waals surface area contributed by atoms with Gasteiger partial charge in [0.25, 0.3) is 0 Å². The van der Waals surface area contributed by atoms with Crippen molar-refractivity contribution < 1.29 is 4.74 Å². The van der Waals surface area contributed by atoms with Gasteiger partial charge in [-0.25, -0.2) is 0 Å². The molecule has 3 nitrogen and oxygen atoms in total. The van der Waals surface area contributed by atoms with Gasteiger partial charge in [-0.2, -0.15) is 0 Å². The Morgan fingerprint density at radius 3 is 2.75 bits per heavy atom. The quantitative estimate of drug-likeness (QED) is 0.819. The van der Waals surface area contributed by atoms with Crippen LogP contribution in [-0.2, 0) is 0 Å². The van der Waals surface area contributed by atoms with E-state index in [0.29, 0.717) is 22.4 Å². The Labute approximate surface area is 106 Å². The number of ether oxygens (including phenoxy) is 1. The first-order chi connectivity index (χ1) is 7.50. The van der Waals surface area contributed by atoms with Crippen molar-refractivity contribution in [2.75, 3.05) is 27.2 Å². The van der Waals surface area contributed by atoms with Gasteiger partial charge in [0.15, 0.2) is 0 Å². The first-order valence-electron chi connectivity index (χ1n) is 4.87. The molecule has 2 N–H and O–H groups in total. The zero-order valence-electron chi connectivity index (χ0n) is 9.37. The summed E-state index contributed by atoms with van der Waals surface area (Å²) < 4.78 is 5.60. The topological polar surface area (TPSA) is 38.5 Å². The number of benzene rings is 1. The van der Waals surface area contributed by atoms with E-state index in [9.17, 15) is 0 Å². The zero-order chi connectivity index (χ0) is 12.1. The van der Waals surface area contributed by atoms with Crippen molar-refractivity contribution in [2.24, 2.45) is 5.73 Å². The average Bonchev–Trinajstić information content (AvgIpc) is 2.16. The number of nitrogens with zero attached hydrogens (tertiary/aromatic N) is 1. The summed E-state index contributed by atoms with van der Waals surface area (Å²) in [5.74, 6) is 0.641. The lowest BCUT2D eigenvalue weighted by atomic mass is 10.2. The van der Waals surface area contributed by atoms with E-state index in [1.807, 2.05) is 19.0 Å². The third kappa shape index (κ3) is 3.96. The van der Waals surface area contributed by atoms with Crippen LogP contribution >= 0.6 is 23.8 Å². The van der Waals surface area contributed by atoms with Crippen molar-refractivity contribution in [1.29, 1.82) is 0 Å². The Kier molecular flexibility index (Phi) is 4.99. The van der Waals surface area contributed by atoms with Crippen LogP contribution < -0.4 is 10.5 Å². The van der Waals surface area contributed by atoms with Gasteiger partial charge < -0.3 is 15.4 Å². The fourth-order valence-electron chi connectivity index (χ4n) is 1.16. The highest BCUT2D eigenvalue weighted by Crippen LogP contribution is 2.23. The molecule has 0 aliphatic heterocycles. The number of hydrogen-bond acceptors (Lipinski definition) is 3. The van der Waals surface area contributed by atoms with Crippen LogP contribution in [0.3, 0.4) is 0 Å². The smallest absolute Gasteiger partial charge is 0.131 e. The van der Waals surface area contributed by atoms with Crippen molar-refractivity contribution in [3.8, 4) is 5.75 Å². The molecule has 0 aliphatic carbocycles. The molecule has 0 aromatic heterocycles. The minimum absolute atomic E-state index is 0.316. The lowest BCUT2D eigenvalue weighted by Gasteiger charge is -2.13. The van der Waals surface area contributed by atoms with Gasteiger partial charge in [0.2, 0.25) is 0 Å². The van der Waals surface area contributed by atoms with Gasteiger partial charge in [-0.3, -0.25) is 0 Å². The van der Waals surface area contributed by atoms with Crippen molar-refractivity contribution in [2.45, 2.75) is 0 Å². The predicted octanol–water partition coefficient (Wildman–Crippen LogP) is 1.91. The number of rotatable bonds is 5. The van der Waals surface area contributed by atoms with E-state index in [1.54, 1.807) is 18.2 Å². The highest BCUT2D eigenvalue weighted by Gasteiger charge is 2.07. The van der Waals surface area contributed by atoms with Gasteiger partial charge in [-0.05, 0) is 32.3 Å². The first-order valence-corrected chi connectivity index (χ1v) is 5.66. The van der Waals surface area contributed by atoms with E-state index in [1.165, 1.54) is 0 Å². The molecule has 0 saturated heterocycles. The Hall–Kier alpha value is -0.840. The molecular weight excluding hydrogens is 244 g/mol. The highest BCUT2D eigenvalue weighted by molar-refractivity contribution is 7.80. The van der Waals surface area contributed by atoms with Crippen LogP contribution in [0.25, 0.3) is 0 Å². The summed E-state index contributed by atoms with van der Waals surface area (Å²) in [5.41, 5.74) is 6.31. The second kappa shape index (κ2) is 6.03. The Bertz CT molecular complexity index is 382. The molecule has 0 amide bonds. The molecule has 0 spiro atoms. The lowest BCUT2D eigenvalue weighted by Crippen LogP contribution is -2.20. The molecule has 16 heavy (non-hydrogen) atoms. The van der Waals surface area contributed by atoms with E-state index in [0.717, 1.165) is 12.1 Å². The molecule has 1 rings (SSSR count). The van der Waals surface area contributed by atoms with Gasteiger partial charge in [-0.1, -0.05) is 23.8 Å². The monoisotopic (exact) mass is 258 g/mol. The molecule has 0 unspecified atom stereocenters.